The summed E-state index contributed by atoms with van der Waals surface area (Å²) in [5.74, 6) is 3.47. The molecule has 0 radical (unpaired) electrons. The lowest BCUT2D eigenvalue weighted by atomic mass is 9.84. The Balaban J connectivity index is 1.83. The van der Waals surface area contributed by atoms with Crippen molar-refractivity contribution in [2.24, 2.45) is 0 Å². The minimum Gasteiger partial charge on any atom is -0.370 e. The van der Waals surface area contributed by atoms with Gasteiger partial charge in [-0.25, -0.2) is 9.97 Å². The molecule has 3 nitrogen and oxygen atoms in total. The van der Waals surface area contributed by atoms with Crippen LogP contribution in [-0.2, 0) is 0 Å². The van der Waals surface area contributed by atoms with E-state index in [0.717, 1.165) is 24.6 Å². The fraction of sp³-hybridized carbons (Fsp3) is 0.750. The minimum atomic E-state index is 0.628. The van der Waals surface area contributed by atoms with Crippen molar-refractivity contribution in [3.63, 3.8) is 0 Å². The lowest BCUT2D eigenvalue weighted by Gasteiger charge is -2.25. The van der Waals surface area contributed by atoms with Crippen molar-refractivity contribution in [3.05, 3.63) is 17.6 Å². The van der Waals surface area contributed by atoms with Crippen molar-refractivity contribution in [3.8, 4) is 0 Å². The second kappa shape index (κ2) is 5.89. The zero-order valence-corrected chi connectivity index (χ0v) is 12.0. The summed E-state index contributed by atoms with van der Waals surface area (Å²) < 4.78 is 0. The molecule has 2 aliphatic carbocycles. The molecule has 0 amide bonds. The average molecular weight is 259 g/mol. The van der Waals surface area contributed by atoms with Gasteiger partial charge in [0, 0.05) is 30.1 Å². The van der Waals surface area contributed by atoms with Crippen molar-refractivity contribution < 1.29 is 0 Å². The summed E-state index contributed by atoms with van der Waals surface area (Å²) in [5.41, 5.74) is 1.30. The van der Waals surface area contributed by atoms with E-state index in [9.17, 15) is 0 Å². The second-order valence-corrected chi connectivity index (χ2v) is 6.07. The van der Waals surface area contributed by atoms with Crippen molar-refractivity contribution >= 4 is 5.82 Å². The highest BCUT2D eigenvalue weighted by atomic mass is 15.0. The highest BCUT2D eigenvalue weighted by Gasteiger charge is 2.25. The molecule has 1 N–H and O–H groups in total. The predicted octanol–water partition coefficient (Wildman–Crippen LogP) is 4.22. The van der Waals surface area contributed by atoms with Crippen LogP contribution in [-0.4, -0.2) is 16.5 Å². The van der Waals surface area contributed by atoms with Gasteiger partial charge in [0.15, 0.2) is 0 Å². The molecule has 0 aliphatic heterocycles. The van der Waals surface area contributed by atoms with Crippen LogP contribution in [0.25, 0.3) is 0 Å². The standard InChI is InChI=1S/C16H25N3/c1-2-10-17-15-11-14(12-6-3-4-7-12)18-16(19-15)13-8-5-9-13/h11-13H,2-10H2,1H3,(H,17,18,19). The molecule has 19 heavy (non-hydrogen) atoms. The molecule has 104 valence electrons. The lowest BCUT2D eigenvalue weighted by Crippen LogP contribution is -2.16. The SMILES string of the molecule is CCCNc1cc(C2CCCC2)nc(C2CCC2)n1. The van der Waals surface area contributed by atoms with Gasteiger partial charge >= 0.3 is 0 Å². The van der Waals surface area contributed by atoms with Gasteiger partial charge in [-0.3, -0.25) is 0 Å². The zero-order chi connectivity index (χ0) is 13.1. The van der Waals surface area contributed by atoms with Crippen LogP contribution in [0.3, 0.4) is 0 Å². The summed E-state index contributed by atoms with van der Waals surface area (Å²) in [5, 5.41) is 3.45. The topological polar surface area (TPSA) is 37.8 Å². The van der Waals surface area contributed by atoms with E-state index in [1.807, 2.05) is 0 Å². The third-order valence-corrected chi connectivity index (χ3v) is 4.56. The quantitative estimate of drug-likeness (QED) is 0.860. The van der Waals surface area contributed by atoms with Gasteiger partial charge in [0.05, 0.1) is 0 Å². The van der Waals surface area contributed by atoms with Crippen LogP contribution in [0.5, 0.6) is 0 Å². The summed E-state index contributed by atoms with van der Waals surface area (Å²) in [7, 11) is 0. The van der Waals surface area contributed by atoms with Crippen LogP contribution in [0.2, 0.25) is 0 Å². The first-order chi connectivity index (χ1) is 9.36. The predicted molar refractivity (Wildman–Crippen MR) is 78.6 cm³/mol. The van der Waals surface area contributed by atoms with Gasteiger partial charge < -0.3 is 5.32 Å². The van der Waals surface area contributed by atoms with Crippen LogP contribution in [0.4, 0.5) is 5.82 Å². The maximum Gasteiger partial charge on any atom is 0.134 e. The first-order valence-electron chi connectivity index (χ1n) is 7.99. The summed E-state index contributed by atoms with van der Waals surface area (Å²) >= 11 is 0. The molecule has 0 unspecified atom stereocenters. The molecular weight excluding hydrogens is 234 g/mol. The Morgan fingerprint density at radius 1 is 1.05 bits per heavy atom. The molecule has 3 heteroatoms. The van der Waals surface area contributed by atoms with E-state index in [2.05, 4.69) is 18.3 Å². The van der Waals surface area contributed by atoms with E-state index in [-0.39, 0.29) is 0 Å². The van der Waals surface area contributed by atoms with Crippen LogP contribution in [0, 0.1) is 0 Å². The summed E-state index contributed by atoms with van der Waals surface area (Å²) in [6.45, 7) is 3.20. The molecule has 1 heterocycles. The maximum atomic E-state index is 4.89. The largest absolute Gasteiger partial charge is 0.370 e. The maximum absolute atomic E-state index is 4.89. The average Bonchev–Trinajstić information content (AvgIpc) is 2.88. The number of aromatic nitrogens is 2. The molecule has 0 bridgehead atoms. The van der Waals surface area contributed by atoms with Crippen molar-refractivity contribution in [1.82, 2.24) is 9.97 Å². The van der Waals surface area contributed by atoms with Gasteiger partial charge in [-0.1, -0.05) is 26.2 Å². The van der Waals surface area contributed by atoms with Gasteiger partial charge in [0.2, 0.25) is 0 Å². The normalized spacial score (nSPS) is 20.5. The van der Waals surface area contributed by atoms with E-state index in [1.165, 1.54) is 50.6 Å². The van der Waals surface area contributed by atoms with E-state index in [0.29, 0.717) is 11.8 Å². The highest BCUT2D eigenvalue weighted by molar-refractivity contribution is 5.38. The first-order valence-corrected chi connectivity index (χ1v) is 7.99. The molecule has 0 aromatic carbocycles. The Morgan fingerprint density at radius 3 is 2.42 bits per heavy atom. The Labute approximate surface area is 116 Å². The van der Waals surface area contributed by atoms with Gasteiger partial charge in [-0.2, -0.15) is 0 Å². The molecule has 2 saturated carbocycles. The van der Waals surface area contributed by atoms with Gasteiger partial charge in [-0.05, 0) is 32.1 Å². The number of nitrogens with zero attached hydrogens (tertiary/aromatic N) is 2. The number of anilines is 1. The van der Waals surface area contributed by atoms with Crippen LogP contribution in [0.15, 0.2) is 6.07 Å². The van der Waals surface area contributed by atoms with Gasteiger partial charge in [0.25, 0.3) is 0 Å². The fourth-order valence-corrected chi connectivity index (χ4v) is 3.11. The number of hydrogen-bond donors (Lipinski definition) is 1. The smallest absolute Gasteiger partial charge is 0.134 e. The third-order valence-electron chi connectivity index (χ3n) is 4.56. The molecule has 3 rings (SSSR count). The molecule has 0 atom stereocenters. The fourth-order valence-electron chi connectivity index (χ4n) is 3.11. The summed E-state index contributed by atoms with van der Waals surface area (Å²) in [4.78, 5) is 9.64. The van der Waals surface area contributed by atoms with E-state index in [1.54, 1.807) is 0 Å². The Bertz CT molecular complexity index is 420. The van der Waals surface area contributed by atoms with Crippen molar-refractivity contribution in [2.75, 3.05) is 11.9 Å². The second-order valence-electron chi connectivity index (χ2n) is 6.07. The van der Waals surface area contributed by atoms with Gasteiger partial charge in [-0.15, -0.1) is 0 Å². The van der Waals surface area contributed by atoms with Crippen LogP contribution < -0.4 is 5.32 Å². The Hall–Kier alpha value is -1.12. The number of rotatable bonds is 5. The molecule has 1 aromatic rings. The number of nitrogens with one attached hydrogen (secondary N) is 1. The van der Waals surface area contributed by atoms with Crippen LogP contribution in [0.1, 0.15) is 81.6 Å². The molecule has 2 fully saturated rings. The Morgan fingerprint density at radius 2 is 1.79 bits per heavy atom. The first kappa shape index (κ1) is 12.9. The third kappa shape index (κ3) is 2.90. The lowest BCUT2D eigenvalue weighted by molar-refractivity contribution is 0.399. The molecule has 0 saturated heterocycles. The van der Waals surface area contributed by atoms with E-state index >= 15 is 0 Å². The van der Waals surface area contributed by atoms with Crippen molar-refractivity contribution in [2.45, 2.75) is 70.1 Å². The van der Waals surface area contributed by atoms with Crippen LogP contribution >= 0.6 is 0 Å². The van der Waals surface area contributed by atoms with E-state index in [4.69, 9.17) is 9.97 Å². The summed E-state index contributed by atoms with van der Waals surface area (Å²) in [6.07, 6.45) is 10.4. The molecule has 1 aromatic heterocycles. The molecular formula is C16H25N3. The Kier molecular flexibility index (Phi) is 4.00. The highest BCUT2D eigenvalue weighted by Crippen LogP contribution is 2.38. The van der Waals surface area contributed by atoms with Crippen molar-refractivity contribution in [1.29, 1.82) is 0 Å². The number of hydrogen-bond acceptors (Lipinski definition) is 3. The molecule has 2 aliphatic rings. The summed E-state index contributed by atoms with van der Waals surface area (Å²) in [6, 6.07) is 2.20. The van der Waals surface area contributed by atoms with E-state index < -0.39 is 0 Å². The minimum absolute atomic E-state index is 0.628. The zero-order valence-electron chi connectivity index (χ0n) is 12.0. The van der Waals surface area contributed by atoms with Gasteiger partial charge in [0.1, 0.15) is 11.6 Å². The molecule has 0 spiro atoms. The monoisotopic (exact) mass is 259 g/mol.